The molecule has 6 heteroatoms. The first-order valence-corrected chi connectivity index (χ1v) is 7.76. The Hall–Kier alpha value is -2.21. The molecule has 0 aliphatic rings. The van der Waals surface area contributed by atoms with E-state index in [1.807, 2.05) is 62.6 Å². The SMILES string of the molecule is Cc1nn(C)c(C)c1C(C)NC(=O)CN(C)Cc1ccccn1. The molecule has 0 aromatic carbocycles. The van der Waals surface area contributed by atoms with Crippen LogP contribution in [-0.2, 0) is 18.4 Å². The number of rotatable bonds is 6. The van der Waals surface area contributed by atoms with Gasteiger partial charge in [0.2, 0.25) is 5.91 Å². The summed E-state index contributed by atoms with van der Waals surface area (Å²) in [4.78, 5) is 18.5. The van der Waals surface area contributed by atoms with Crippen LogP contribution in [0.3, 0.4) is 0 Å². The molecular formula is C17H25N5O. The normalized spacial score (nSPS) is 12.4. The molecule has 1 N–H and O–H groups in total. The van der Waals surface area contributed by atoms with Crippen LogP contribution in [0.5, 0.6) is 0 Å². The summed E-state index contributed by atoms with van der Waals surface area (Å²) in [5, 5.41) is 7.46. The second-order valence-electron chi connectivity index (χ2n) is 5.99. The van der Waals surface area contributed by atoms with Crippen molar-refractivity contribution in [3.8, 4) is 0 Å². The highest BCUT2D eigenvalue weighted by Crippen LogP contribution is 2.20. The van der Waals surface area contributed by atoms with Gasteiger partial charge in [-0.2, -0.15) is 5.10 Å². The molecular weight excluding hydrogens is 290 g/mol. The molecule has 1 amide bonds. The van der Waals surface area contributed by atoms with Crippen molar-refractivity contribution < 1.29 is 4.79 Å². The molecule has 0 saturated heterocycles. The van der Waals surface area contributed by atoms with E-state index in [9.17, 15) is 4.79 Å². The van der Waals surface area contributed by atoms with E-state index >= 15 is 0 Å². The van der Waals surface area contributed by atoms with Gasteiger partial charge in [-0.1, -0.05) is 6.07 Å². The van der Waals surface area contributed by atoms with Gasteiger partial charge in [0.05, 0.1) is 24.0 Å². The number of nitrogens with zero attached hydrogens (tertiary/aromatic N) is 4. The van der Waals surface area contributed by atoms with E-state index in [-0.39, 0.29) is 11.9 Å². The number of carbonyl (C=O) groups is 1. The van der Waals surface area contributed by atoms with Crippen LogP contribution >= 0.6 is 0 Å². The number of amides is 1. The number of aromatic nitrogens is 3. The number of aryl methyl sites for hydroxylation is 2. The summed E-state index contributed by atoms with van der Waals surface area (Å²) in [6.45, 7) is 6.96. The minimum absolute atomic E-state index is 0.00131. The number of nitrogens with one attached hydrogen (secondary N) is 1. The van der Waals surface area contributed by atoms with Crippen LogP contribution < -0.4 is 5.32 Å². The molecule has 0 saturated carbocycles. The van der Waals surface area contributed by atoms with Gasteiger partial charge in [0.15, 0.2) is 0 Å². The van der Waals surface area contributed by atoms with Crippen molar-refractivity contribution in [2.24, 2.45) is 7.05 Å². The third-order valence-corrected chi connectivity index (χ3v) is 3.95. The molecule has 1 atom stereocenters. The zero-order chi connectivity index (χ0) is 17.0. The fraction of sp³-hybridized carbons (Fsp3) is 0.471. The second kappa shape index (κ2) is 7.37. The van der Waals surface area contributed by atoms with Crippen molar-refractivity contribution in [2.75, 3.05) is 13.6 Å². The van der Waals surface area contributed by atoms with Gasteiger partial charge in [-0.05, 0) is 40.0 Å². The second-order valence-corrected chi connectivity index (χ2v) is 5.99. The molecule has 0 fully saturated rings. The maximum atomic E-state index is 12.3. The van der Waals surface area contributed by atoms with Gasteiger partial charge < -0.3 is 5.32 Å². The Morgan fingerprint density at radius 1 is 1.39 bits per heavy atom. The molecule has 6 nitrogen and oxygen atoms in total. The van der Waals surface area contributed by atoms with Gasteiger partial charge in [0, 0.05) is 31.0 Å². The van der Waals surface area contributed by atoms with Crippen molar-refractivity contribution in [2.45, 2.75) is 33.4 Å². The van der Waals surface area contributed by atoms with Crippen LogP contribution in [-0.4, -0.2) is 39.2 Å². The topological polar surface area (TPSA) is 63.1 Å². The van der Waals surface area contributed by atoms with Crippen molar-refractivity contribution in [3.63, 3.8) is 0 Å². The fourth-order valence-corrected chi connectivity index (χ4v) is 2.85. The van der Waals surface area contributed by atoms with E-state index in [1.165, 1.54) is 0 Å². The summed E-state index contributed by atoms with van der Waals surface area (Å²) >= 11 is 0. The minimum atomic E-state index is -0.0561. The van der Waals surface area contributed by atoms with Gasteiger partial charge in [-0.15, -0.1) is 0 Å². The molecule has 2 aromatic rings. The van der Waals surface area contributed by atoms with Crippen LogP contribution in [0.2, 0.25) is 0 Å². The van der Waals surface area contributed by atoms with Gasteiger partial charge in [-0.3, -0.25) is 19.4 Å². The monoisotopic (exact) mass is 315 g/mol. The smallest absolute Gasteiger partial charge is 0.234 e. The molecule has 2 rings (SSSR count). The number of carbonyl (C=O) groups excluding carboxylic acids is 1. The summed E-state index contributed by atoms with van der Waals surface area (Å²) in [6, 6.07) is 5.74. The molecule has 0 radical (unpaired) electrons. The summed E-state index contributed by atoms with van der Waals surface area (Å²) in [5.74, 6) is -0.00131. The highest BCUT2D eigenvalue weighted by atomic mass is 16.2. The summed E-state index contributed by atoms with van der Waals surface area (Å²) in [6.07, 6.45) is 1.76. The number of hydrogen-bond acceptors (Lipinski definition) is 4. The minimum Gasteiger partial charge on any atom is -0.348 e. The standard InChI is InChI=1S/C17H25N5O/c1-12(17-13(2)20-22(5)14(17)3)19-16(23)11-21(4)10-15-8-6-7-9-18-15/h6-9,12H,10-11H2,1-5H3,(H,19,23). The zero-order valence-corrected chi connectivity index (χ0v) is 14.5. The van der Waals surface area contributed by atoms with E-state index in [4.69, 9.17) is 0 Å². The maximum Gasteiger partial charge on any atom is 0.234 e. The highest BCUT2D eigenvalue weighted by molar-refractivity contribution is 5.78. The third-order valence-electron chi connectivity index (χ3n) is 3.95. The highest BCUT2D eigenvalue weighted by Gasteiger charge is 2.18. The molecule has 2 aromatic heterocycles. The Balaban J connectivity index is 1.91. The van der Waals surface area contributed by atoms with Gasteiger partial charge in [0.25, 0.3) is 0 Å². The number of pyridine rings is 1. The van der Waals surface area contributed by atoms with Crippen LogP contribution in [0.1, 0.15) is 35.6 Å². The lowest BCUT2D eigenvalue weighted by atomic mass is 10.1. The number of likely N-dealkylation sites (N-methyl/N-ethyl adjacent to an activating group) is 1. The Morgan fingerprint density at radius 3 is 2.70 bits per heavy atom. The summed E-state index contributed by atoms with van der Waals surface area (Å²) in [5.41, 5.74) is 4.08. The molecule has 0 aliphatic heterocycles. The van der Waals surface area contributed by atoms with E-state index in [2.05, 4.69) is 15.4 Å². The average molecular weight is 315 g/mol. The predicted octanol–water partition coefficient (Wildman–Crippen LogP) is 1.74. The van der Waals surface area contributed by atoms with E-state index in [0.717, 1.165) is 22.6 Å². The Bertz CT molecular complexity index is 665. The van der Waals surface area contributed by atoms with E-state index in [0.29, 0.717) is 13.1 Å². The van der Waals surface area contributed by atoms with Crippen LogP contribution in [0, 0.1) is 13.8 Å². The van der Waals surface area contributed by atoms with Crippen molar-refractivity contribution >= 4 is 5.91 Å². The first-order chi connectivity index (χ1) is 10.9. The largest absolute Gasteiger partial charge is 0.348 e. The van der Waals surface area contributed by atoms with Crippen molar-refractivity contribution in [1.29, 1.82) is 0 Å². The van der Waals surface area contributed by atoms with Gasteiger partial charge in [-0.25, -0.2) is 0 Å². The fourth-order valence-electron chi connectivity index (χ4n) is 2.85. The molecule has 23 heavy (non-hydrogen) atoms. The first-order valence-electron chi connectivity index (χ1n) is 7.76. The van der Waals surface area contributed by atoms with Gasteiger partial charge in [0.1, 0.15) is 0 Å². The number of hydrogen-bond donors (Lipinski definition) is 1. The van der Waals surface area contributed by atoms with Crippen molar-refractivity contribution in [1.82, 2.24) is 25.0 Å². The van der Waals surface area contributed by atoms with Crippen molar-refractivity contribution in [3.05, 3.63) is 47.0 Å². The lowest BCUT2D eigenvalue weighted by Gasteiger charge is -2.19. The molecule has 0 bridgehead atoms. The predicted molar refractivity (Wildman–Crippen MR) is 89.8 cm³/mol. The molecule has 0 aliphatic carbocycles. The average Bonchev–Trinajstić information content (AvgIpc) is 2.72. The van der Waals surface area contributed by atoms with Crippen LogP contribution in [0.4, 0.5) is 0 Å². The van der Waals surface area contributed by atoms with Crippen LogP contribution in [0.15, 0.2) is 24.4 Å². The molecule has 1 unspecified atom stereocenters. The third kappa shape index (κ3) is 4.39. The van der Waals surface area contributed by atoms with Crippen LogP contribution in [0.25, 0.3) is 0 Å². The Morgan fingerprint density at radius 2 is 2.13 bits per heavy atom. The molecule has 124 valence electrons. The Labute approximate surface area is 137 Å². The quantitative estimate of drug-likeness (QED) is 0.882. The maximum absolute atomic E-state index is 12.3. The molecule has 0 spiro atoms. The Kier molecular flexibility index (Phi) is 5.50. The summed E-state index contributed by atoms with van der Waals surface area (Å²) < 4.78 is 1.85. The molecule has 2 heterocycles. The lowest BCUT2D eigenvalue weighted by molar-refractivity contribution is -0.122. The van der Waals surface area contributed by atoms with E-state index < -0.39 is 0 Å². The lowest BCUT2D eigenvalue weighted by Crippen LogP contribution is -2.36. The summed E-state index contributed by atoms with van der Waals surface area (Å²) in [7, 11) is 3.83. The van der Waals surface area contributed by atoms with Gasteiger partial charge >= 0.3 is 0 Å². The van der Waals surface area contributed by atoms with E-state index in [1.54, 1.807) is 6.20 Å². The first kappa shape index (κ1) is 17.1. The zero-order valence-electron chi connectivity index (χ0n) is 14.5.